The molecule has 0 saturated heterocycles. The van der Waals surface area contributed by atoms with Crippen molar-refractivity contribution in [1.29, 1.82) is 0 Å². The summed E-state index contributed by atoms with van der Waals surface area (Å²) in [7, 11) is 1.61. The van der Waals surface area contributed by atoms with Gasteiger partial charge in [-0.3, -0.25) is 0 Å². The van der Waals surface area contributed by atoms with E-state index in [1.807, 2.05) is 72.8 Å². The van der Waals surface area contributed by atoms with E-state index < -0.39 is 0 Å². The highest BCUT2D eigenvalue weighted by Crippen LogP contribution is 2.30. The van der Waals surface area contributed by atoms with Crippen LogP contribution in [0.1, 0.15) is 16.7 Å². The van der Waals surface area contributed by atoms with Crippen LogP contribution >= 0.6 is 0 Å². The molecular formula is C25H24N4O3. The largest absolute Gasteiger partial charge is 0.493 e. The molecule has 0 atom stereocenters. The lowest BCUT2D eigenvalue weighted by Gasteiger charge is -2.13. The Labute approximate surface area is 186 Å². The van der Waals surface area contributed by atoms with E-state index in [0.29, 0.717) is 30.3 Å². The van der Waals surface area contributed by atoms with Gasteiger partial charge < -0.3 is 25.7 Å². The van der Waals surface area contributed by atoms with Crippen LogP contribution in [0.2, 0.25) is 0 Å². The van der Waals surface area contributed by atoms with E-state index in [-0.39, 0.29) is 5.95 Å². The third-order valence-electron chi connectivity index (χ3n) is 4.81. The van der Waals surface area contributed by atoms with Crippen LogP contribution in [0, 0.1) is 0 Å². The van der Waals surface area contributed by atoms with Crippen molar-refractivity contribution < 1.29 is 14.2 Å². The topological polar surface area (TPSA) is 106 Å². The highest BCUT2D eigenvalue weighted by molar-refractivity contribution is 5.48. The summed E-state index contributed by atoms with van der Waals surface area (Å²) >= 11 is 0. The number of para-hydroxylation sites is 1. The van der Waals surface area contributed by atoms with Gasteiger partial charge >= 0.3 is 0 Å². The third-order valence-corrected chi connectivity index (χ3v) is 4.81. The highest BCUT2D eigenvalue weighted by atomic mass is 16.5. The normalized spacial score (nSPS) is 10.5. The molecule has 4 rings (SSSR count). The maximum atomic E-state index is 6.02. The van der Waals surface area contributed by atoms with Crippen LogP contribution in [0.15, 0.2) is 79.0 Å². The summed E-state index contributed by atoms with van der Waals surface area (Å²) < 4.78 is 17.4. The fourth-order valence-electron chi connectivity index (χ4n) is 3.22. The summed E-state index contributed by atoms with van der Waals surface area (Å²) in [5.41, 5.74) is 14.3. The Bertz CT molecular complexity index is 1200. The third kappa shape index (κ3) is 5.26. The Morgan fingerprint density at radius 2 is 1.62 bits per heavy atom. The number of aromatic nitrogens is 2. The SMILES string of the molecule is COc1cc(Cc2cnc(N)nc2N)ccc1OCc1cccc(Oc2ccccc2)c1. The number of methoxy groups -OCH3 is 1. The minimum atomic E-state index is 0.158. The maximum absolute atomic E-state index is 6.02. The minimum Gasteiger partial charge on any atom is -0.493 e. The number of nitrogens with two attached hydrogens (primary N) is 2. The average molecular weight is 428 g/mol. The number of anilines is 2. The molecule has 3 aromatic carbocycles. The van der Waals surface area contributed by atoms with Crippen molar-refractivity contribution >= 4 is 11.8 Å². The van der Waals surface area contributed by atoms with Crippen molar-refractivity contribution in [3.05, 3.63) is 95.7 Å². The van der Waals surface area contributed by atoms with Gasteiger partial charge in [-0.2, -0.15) is 4.98 Å². The zero-order valence-corrected chi connectivity index (χ0v) is 17.7. The van der Waals surface area contributed by atoms with E-state index in [1.165, 1.54) is 0 Å². The number of nitrogens with zero attached hydrogens (tertiary/aromatic N) is 2. The molecule has 162 valence electrons. The Morgan fingerprint density at radius 3 is 2.41 bits per heavy atom. The van der Waals surface area contributed by atoms with Crippen molar-refractivity contribution in [1.82, 2.24) is 9.97 Å². The standard InChI is InChI=1S/C25H24N4O3/c1-30-23-14-17(12-19-15-28-25(27)29-24(19)26)10-11-22(23)31-16-18-6-5-9-21(13-18)32-20-7-3-2-4-8-20/h2-11,13-15H,12,16H2,1H3,(H4,26,27,28,29). The van der Waals surface area contributed by atoms with Crippen molar-refractivity contribution in [2.45, 2.75) is 13.0 Å². The molecular weight excluding hydrogens is 404 g/mol. The van der Waals surface area contributed by atoms with Crippen molar-refractivity contribution in [2.75, 3.05) is 18.6 Å². The lowest BCUT2D eigenvalue weighted by molar-refractivity contribution is 0.284. The van der Waals surface area contributed by atoms with Gasteiger partial charge in [0.25, 0.3) is 0 Å². The molecule has 7 nitrogen and oxygen atoms in total. The predicted molar refractivity (Wildman–Crippen MR) is 124 cm³/mol. The van der Waals surface area contributed by atoms with Gasteiger partial charge in [-0.05, 0) is 47.5 Å². The number of rotatable bonds is 8. The van der Waals surface area contributed by atoms with Gasteiger partial charge in [-0.15, -0.1) is 0 Å². The summed E-state index contributed by atoms with van der Waals surface area (Å²) in [6.45, 7) is 0.375. The molecule has 0 aliphatic carbocycles. The van der Waals surface area contributed by atoms with Gasteiger partial charge in [0.2, 0.25) is 5.95 Å². The van der Waals surface area contributed by atoms with Gasteiger partial charge in [-0.1, -0.05) is 36.4 Å². The van der Waals surface area contributed by atoms with E-state index in [4.69, 9.17) is 25.7 Å². The number of hydrogen-bond donors (Lipinski definition) is 2. The van der Waals surface area contributed by atoms with Crippen LogP contribution in [-0.4, -0.2) is 17.1 Å². The molecule has 0 spiro atoms. The predicted octanol–water partition coefficient (Wildman–Crippen LogP) is 4.61. The fourth-order valence-corrected chi connectivity index (χ4v) is 3.22. The lowest BCUT2D eigenvalue weighted by atomic mass is 10.1. The molecule has 0 radical (unpaired) electrons. The summed E-state index contributed by atoms with van der Waals surface area (Å²) in [6.07, 6.45) is 2.20. The Hall–Kier alpha value is -4.26. The van der Waals surface area contributed by atoms with Gasteiger partial charge in [0.15, 0.2) is 11.5 Å². The van der Waals surface area contributed by atoms with E-state index in [2.05, 4.69) is 9.97 Å². The van der Waals surface area contributed by atoms with Gasteiger partial charge in [-0.25, -0.2) is 4.98 Å². The van der Waals surface area contributed by atoms with Crippen molar-refractivity contribution in [3.63, 3.8) is 0 Å². The summed E-state index contributed by atoms with van der Waals surface area (Å²) in [5.74, 6) is 3.35. The minimum absolute atomic E-state index is 0.158. The van der Waals surface area contributed by atoms with Crippen LogP contribution < -0.4 is 25.7 Å². The monoisotopic (exact) mass is 428 g/mol. The van der Waals surface area contributed by atoms with Gasteiger partial charge in [0, 0.05) is 18.2 Å². The molecule has 7 heteroatoms. The highest BCUT2D eigenvalue weighted by Gasteiger charge is 2.10. The molecule has 32 heavy (non-hydrogen) atoms. The summed E-state index contributed by atoms with van der Waals surface area (Å²) in [5, 5.41) is 0. The lowest BCUT2D eigenvalue weighted by Crippen LogP contribution is -2.04. The quantitative estimate of drug-likeness (QED) is 0.422. The number of ether oxygens (including phenoxy) is 3. The molecule has 0 bridgehead atoms. The second kappa shape index (κ2) is 9.70. The molecule has 0 amide bonds. The Kier molecular flexibility index (Phi) is 6.36. The van der Waals surface area contributed by atoms with Crippen LogP contribution in [-0.2, 0) is 13.0 Å². The van der Waals surface area contributed by atoms with Gasteiger partial charge in [0.1, 0.15) is 23.9 Å². The molecule has 0 fully saturated rings. The first-order valence-electron chi connectivity index (χ1n) is 10.1. The van der Waals surface area contributed by atoms with Crippen molar-refractivity contribution in [2.24, 2.45) is 0 Å². The van der Waals surface area contributed by atoms with Crippen molar-refractivity contribution in [3.8, 4) is 23.0 Å². The molecule has 0 aliphatic rings. The molecule has 0 unspecified atom stereocenters. The first kappa shape index (κ1) is 21.0. The van der Waals surface area contributed by atoms with Gasteiger partial charge in [0.05, 0.1) is 7.11 Å². The molecule has 1 heterocycles. The van der Waals surface area contributed by atoms with Crippen LogP contribution in [0.25, 0.3) is 0 Å². The second-order valence-electron chi connectivity index (χ2n) is 7.15. The van der Waals surface area contributed by atoms with Crippen LogP contribution in [0.3, 0.4) is 0 Å². The van der Waals surface area contributed by atoms with E-state index in [1.54, 1.807) is 13.3 Å². The number of hydrogen-bond acceptors (Lipinski definition) is 7. The molecule has 4 aromatic rings. The van der Waals surface area contributed by atoms with E-state index in [0.717, 1.165) is 28.2 Å². The fraction of sp³-hybridized carbons (Fsp3) is 0.120. The second-order valence-corrected chi connectivity index (χ2v) is 7.15. The first-order valence-corrected chi connectivity index (χ1v) is 10.1. The Morgan fingerprint density at radius 1 is 0.812 bits per heavy atom. The Balaban J connectivity index is 1.43. The van der Waals surface area contributed by atoms with Crippen LogP contribution in [0.5, 0.6) is 23.0 Å². The molecule has 4 N–H and O–H groups in total. The van der Waals surface area contributed by atoms with Crippen LogP contribution in [0.4, 0.5) is 11.8 Å². The molecule has 0 saturated carbocycles. The zero-order valence-electron chi connectivity index (χ0n) is 17.7. The summed E-state index contributed by atoms with van der Waals surface area (Å²) in [6, 6.07) is 23.2. The molecule has 1 aromatic heterocycles. The first-order chi connectivity index (χ1) is 15.6. The molecule has 0 aliphatic heterocycles. The summed E-state index contributed by atoms with van der Waals surface area (Å²) in [4.78, 5) is 8.02. The average Bonchev–Trinajstić information content (AvgIpc) is 2.81. The number of nitrogen functional groups attached to an aromatic ring is 2. The smallest absolute Gasteiger partial charge is 0.221 e. The van der Waals surface area contributed by atoms with E-state index >= 15 is 0 Å². The maximum Gasteiger partial charge on any atom is 0.221 e. The zero-order chi connectivity index (χ0) is 22.3. The van der Waals surface area contributed by atoms with E-state index in [9.17, 15) is 0 Å². The number of benzene rings is 3.